The van der Waals surface area contributed by atoms with E-state index in [1.807, 2.05) is 20.8 Å². The minimum absolute atomic E-state index is 0.121. The first-order chi connectivity index (χ1) is 8.28. The van der Waals surface area contributed by atoms with E-state index in [0.29, 0.717) is 13.0 Å². The summed E-state index contributed by atoms with van der Waals surface area (Å²) in [4.78, 5) is 25.0. The van der Waals surface area contributed by atoms with Gasteiger partial charge in [0.05, 0.1) is 6.54 Å². The van der Waals surface area contributed by atoms with Crippen LogP contribution in [0.15, 0.2) is 0 Å². The van der Waals surface area contributed by atoms with E-state index in [4.69, 9.17) is 5.11 Å². The van der Waals surface area contributed by atoms with Crippen LogP contribution in [0.25, 0.3) is 0 Å². The number of carbonyl (C=O) groups is 2. The van der Waals surface area contributed by atoms with Crippen LogP contribution < -0.4 is 5.32 Å². The van der Waals surface area contributed by atoms with Crippen molar-refractivity contribution in [2.24, 2.45) is 5.41 Å². The average Bonchev–Trinajstić information content (AvgIpc) is 2.66. The highest BCUT2D eigenvalue weighted by Crippen LogP contribution is 2.20. The Hall–Kier alpha value is -1.10. The Balaban J connectivity index is 2.44. The number of likely N-dealkylation sites (tertiary alicyclic amines) is 1. The quantitative estimate of drug-likeness (QED) is 0.772. The van der Waals surface area contributed by atoms with Gasteiger partial charge in [-0.3, -0.25) is 9.69 Å². The number of carboxylic acid groups (broad SMARTS) is 1. The van der Waals surface area contributed by atoms with E-state index in [1.165, 1.54) is 0 Å². The van der Waals surface area contributed by atoms with E-state index in [9.17, 15) is 9.59 Å². The summed E-state index contributed by atoms with van der Waals surface area (Å²) in [5.74, 6) is -1.15. The van der Waals surface area contributed by atoms with Gasteiger partial charge in [-0.15, -0.1) is 0 Å². The van der Waals surface area contributed by atoms with Crippen molar-refractivity contribution in [3.63, 3.8) is 0 Å². The van der Waals surface area contributed by atoms with Crippen molar-refractivity contribution in [1.82, 2.24) is 10.2 Å². The van der Waals surface area contributed by atoms with E-state index >= 15 is 0 Å². The van der Waals surface area contributed by atoms with Gasteiger partial charge in [0, 0.05) is 0 Å². The normalized spacial score (nSPS) is 18.6. The molecular weight excluding hydrogens is 232 g/mol. The van der Waals surface area contributed by atoms with Gasteiger partial charge in [0.15, 0.2) is 0 Å². The molecule has 0 aliphatic carbocycles. The summed E-state index contributed by atoms with van der Waals surface area (Å²) in [5, 5.41) is 11.7. The van der Waals surface area contributed by atoms with Gasteiger partial charge in [0.2, 0.25) is 5.91 Å². The fourth-order valence-electron chi connectivity index (χ4n) is 2.20. The van der Waals surface area contributed by atoms with Crippen molar-refractivity contribution in [3.05, 3.63) is 0 Å². The zero-order chi connectivity index (χ0) is 13.8. The molecular formula is C13H24N2O3. The zero-order valence-corrected chi connectivity index (χ0v) is 11.5. The van der Waals surface area contributed by atoms with Crippen molar-refractivity contribution in [2.75, 3.05) is 19.6 Å². The first-order valence-corrected chi connectivity index (χ1v) is 6.52. The second-order valence-corrected chi connectivity index (χ2v) is 6.21. The van der Waals surface area contributed by atoms with Gasteiger partial charge in [0.1, 0.15) is 6.04 Å². The lowest BCUT2D eigenvalue weighted by atomic mass is 9.88. The third kappa shape index (κ3) is 5.49. The maximum Gasteiger partial charge on any atom is 0.326 e. The maximum absolute atomic E-state index is 11.8. The minimum Gasteiger partial charge on any atom is -0.480 e. The van der Waals surface area contributed by atoms with Gasteiger partial charge in [-0.05, 0) is 37.8 Å². The number of nitrogens with zero attached hydrogens (tertiary/aromatic N) is 1. The summed E-state index contributed by atoms with van der Waals surface area (Å²) in [7, 11) is 0. The molecule has 0 saturated carbocycles. The highest BCUT2D eigenvalue weighted by molar-refractivity contribution is 5.84. The zero-order valence-electron chi connectivity index (χ0n) is 11.5. The third-order valence-electron chi connectivity index (χ3n) is 3.02. The van der Waals surface area contributed by atoms with Gasteiger partial charge < -0.3 is 10.4 Å². The standard InChI is InChI=1S/C13H24N2O3/c1-13(2,3)8-10(12(17)18)14-11(16)9-15-6-4-5-7-15/h10H,4-9H2,1-3H3,(H,14,16)(H,17,18)/t10-/m0/s1. The summed E-state index contributed by atoms with van der Waals surface area (Å²) in [6.07, 6.45) is 2.68. The van der Waals surface area contributed by atoms with Crippen molar-refractivity contribution >= 4 is 11.9 Å². The SMILES string of the molecule is CC(C)(C)C[C@H](NC(=O)CN1CCCC1)C(=O)O. The van der Waals surface area contributed by atoms with Gasteiger partial charge in [0.25, 0.3) is 0 Å². The van der Waals surface area contributed by atoms with Crippen molar-refractivity contribution in [3.8, 4) is 0 Å². The summed E-state index contributed by atoms with van der Waals surface area (Å²) >= 11 is 0. The number of aliphatic carboxylic acids is 1. The second-order valence-electron chi connectivity index (χ2n) is 6.21. The molecule has 104 valence electrons. The molecule has 1 heterocycles. The Morgan fingerprint density at radius 2 is 1.83 bits per heavy atom. The molecule has 0 aromatic carbocycles. The van der Waals surface area contributed by atoms with E-state index in [1.54, 1.807) is 0 Å². The highest BCUT2D eigenvalue weighted by atomic mass is 16.4. The van der Waals surface area contributed by atoms with Crippen LogP contribution in [0.4, 0.5) is 0 Å². The number of carboxylic acids is 1. The van der Waals surface area contributed by atoms with E-state index in [-0.39, 0.29) is 11.3 Å². The first-order valence-electron chi connectivity index (χ1n) is 6.52. The molecule has 5 heteroatoms. The molecule has 1 amide bonds. The summed E-state index contributed by atoms with van der Waals surface area (Å²) in [6.45, 7) is 8.09. The smallest absolute Gasteiger partial charge is 0.326 e. The molecule has 1 rings (SSSR count). The van der Waals surface area contributed by atoms with E-state index < -0.39 is 12.0 Å². The molecule has 1 aliphatic rings. The fraction of sp³-hybridized carbons (Fsp3) is 0.846. The lowest BCUT2D eigenvalue weighted by Gasteiger charge is -2.24. The van der Waals surface area contributed by atoms with Crippen LogP contribution in [0.3, 0.4) is 0 Å². The summed E-state index contributed by atoms with van der Waals surface area (Å²) in [6, 6.07) is -0.792. The monoisotopic (exact) mass is 256 g/mol. The lowest BCUT2D eigenvalue weighted by Crippen LogP contribution is -2.46. The number of amides is 1. The Bertz CT molecular complexity index is 304. The molecule has 1 fully saturated rings. The molecule has 0 radical (unpaired) electrons. The Morgan fingerprint density at radius 3 is 2.28 bits per heavy atom. The van der Waals surface area contributed by atoms with Gasteiger partial charge >= 0.3 is 5.97 Å². The predicted molar refractivity (Wildman–Crippen MR) is 69.3 cm³/mol. The number of carbonyl (C=O) groups excluding carboxylic acids is 1. The van der Waals surface area contributed by atoms with Gasteiger partial charge in [-0.2, -0.15) is 0 Å². The molecule has 2 N–H and O–H groups in total. The Labute approximate surface area is 109 Å². The van der Waals surface area contributed by atoms with Crippen molar-refractivity contribution in [1.29, 1.82) is 0 Å². The van der Waals surface area contributed by atoms with E-state index in [0.717, 1.165) is 25.9 Å². The molecule has 0 aromatic heterocycles. The first kappa shape index (κ1) is 15.0. The summed E-state index contributed by atoms with van der Waals surface area (Å²) in [5.41, 5.74) is -0.121. The molecule has 0 bridgehead atoms. The molecule has 1 aliphatic heterocycles. The Kier molecular flexibility index (Phi) is 5.14. The van der Waals surface area contributed by atoms with E-state index in [2.05, 4.69) is 10.2 Å². The van der Waals surface area contributed by atoms with Crippen LogP contribution in [0.1, 0.15) is 40.0 Å². The summed E-state index contributed by atoms with van der Waals surface area (Å²) < 4.78 is 0. The molecule has 0 spiro atoms. The molecule has 0 aromatic rings. The highest BCUT2D eigenvalue weighted by Gasteiger charge is 2.26. The molecule has 1 saturated heterocycles. The van der Waals surface area contributed by atoms with Crippen molar-refractivity contribution < 1.29 is 14.7 Å². The average molecular weight is 256 g/mol. The number of hydrogen-bond donors (Lipinski definition) is 2. The largest absolute Gasteiger partial charge is 0.480 e. The second kappa shape index (κ2) is 6.18. The molecule has 5 nitrogen and oxygen atoms in total. The van der Waals surface area contributed by atoms with Crippen LogP contribution in [-0.2, 0) is 9.59 Å². The van der Waals surface area contributed by atoms with Crippen LogP contribution in [0.2, 0.25) is 0 Å². The topological polar surface area (TPSA) is 69.6 Å². The van der Waals surface area contributed by atoms with Crippen LogP contribution in [0.5, 0.6) is 0 Å². The van der Waals surface area contributed by atoms with Crippen LogP contribution in [-0.4, -0.2) is 47.6 Å². The van der Waals surface area contributed by atoms with Crippen LogP contribution in [0, 0.1) is 5.41 Å². The number of hydrogen-bond acceptors (Lipinski definition) is 3. The van der Waals surface area contributed by atoms with Crippen molar-refractivity contribution in [2.45, 2.75) is 46.1 Å². The third-order valence-corrected chi connectivity index (χ3v) is 3.02. The lowest BCUT2D eigenvalue weighted by molar-refractivity contribution is -0.142. The number of rotatable bonds is 5. The minimum atomic E-state index is -0.959. The molecule has 1 atom stereocenters. The van der Waals surface area contributed by atoms with Gasteiger partial charge in [-0.25, -0.2) is 4.79 Å². The number of nitrogens with one attached hydrogen (secondary N) is 1. The molecule has 18 heavy (non-hydrogen) atoms. The fourth-order valence-corrected chi connectivity index (χ4v) is 2.20. The van der Waals surface area contributed by atoms with Crippen LogP contribution >= 0.6 is 0 Å². The Morgan fingerprint density at radius 1 is 1.28 bits per heavy atom. The molecule has 0 unspecified atom stereocenters. The maximum atomic E-state index is 11.8. The predicted octanol–water partition coefficient (Wildman–Crippen LogP) is 1.09. The van der Waals surface area contributed by atoms with Gasteiger partial charge in [-0.1, -0.05) is 20.8 Å².